The second-order valence-electron chi connectivity index (χ2n) is 5.12. The lowest BCUT2D eigenvalue weighted by Gasteiger charge is -2.25. The zero-order chi connectivity index (χ0) is 14.3. The van der Waals surface area contributed by atoms with Gasteiger partial charge in [-0.2, -0.15) is 0 Å². The first-order valence-electron chi connectivity index (χ1n) is 6.72. The van der Waals surface area contributed by atoms with E-state index in [1.54, 1.807) is 7.11 Å². The summed E-state index contributed by atoms with van der Waals surface area (Å²) >= 11 is 0. The van der Waals surface area contributed by atoms with Crippen LogP contribution in [0.3, 0.4) is 0 Å². The van der Waals surface area contributed by atoms with Crippen LogP contribution in [-0.4, -0.2) is 44.5 Å². The Balaban J connectivity index is 2.49. The highest BCUT2D eigenvalue weighted by Gasteiger charge is 2.27. The number of methoxy groups -OCH3 is 1. The first-order chi connectivity index (χ1) is 9.08. The van der Waals surface area contributed by atoms with Crippen LogP contribution < -0.4 is 10.6 Å². The Kier molecular flexibility index (Phi) is 6.68. The Morgan fingerprint density at radius 1 is 1.53 bits per heavy atom. The zero-order valence-electron chi connectivity index (χ0n) is 11.9. The van der Waals surface area contributed by atoms with E-state index in [1.165, 1.54) is 0 Å². The summed E-state index contributed by atoms with van der Waals surface area (Å²) in [4.78, 5) is 11.9. The van der Waals surface area contributed by atoms with Crippen LogP contribution in [0.4, 0.5) is 4.79 Å². The molecule has 1 aliphatic heterocycles. The van der Waals surface area contributed by atoms with E-state index in [1.807, 2.05) is 13.8 Å². The minimum Gasteiger partial charge on any atom is -0.382 e. The van der Waals surface area contributed by atoms with Gasteiger partial charge in [-0.3, -0.25) is 0 Å². The topological polar surface area (TPSA) is 59.6 Å². The second-order valence-corrected chi connectivity index (χ2v) is 5.12. The van der Waals surface area contributed by atoms with E-state index in [0.717, 1.165) is 19.4 Å². The lowest BCUT2D eigenvalue weighted by atomic mass is 10.1. The Hall–Kier alpha value is -1.25. The Bertz CT molecular complexity index is 319. The predicted molar refractivity (Wildman–Crippen MR) is 73.8 cm³/mol. The highest BCUT2D eigenvalue weighted by Crippen LogP contribution is 2.16. The summed E-state index contributed by atoms with van der Waals surface area (Å²) in [7, 11) is 1.61. The lowest BCUT2D eigenvalue weighted by molar-refractivity contribution is 0.0469. The van der Waals surface area contributed by atoms with Crippen LogP contribution >= 0.6 is 0 Å². The second kappa shape index (κ2) is 8.03. The number of nitrogens with one attached hydrogen (secondary N) is 2. The number of carbonyl (C=O) groups is 1. The number of urea groups is 1. The first kappa shape index (κ1) is 15.8. The third-order valence-corrected chi connectivity index (χ3v) is 3.21. The maximum absolute atomic E-state index is 11.9. The molecule has 1 saturated heterocycles. The van der Waals surface area contributed by atoms with E-state index in [-0.39, 0.29) is 30.1 Å². The maximum Gasteiger partial charge on any atom is 0.316 e. The van der Waals surface area contributed by atoms with Gasteiger partial charge in [-0.25, -0.2) is 4.79 Å². The van der Waals surface area contributed by atoms with Crippen molar-refractivity contribution in [3.63, 3.8) is 0 Å². The molecule has 3 atom stereocenters. The van der Waals surface area contributed by atoms with Crippen LogP contribution in [0.15, 0.2) is 0 Å². The van der Waals surface area contributed by atoms with Crippen molar-refractivity contribution in [3.8, 4) is 12.3 Å². The van der Waals surface area contributed by atoms with Gasteiger partial charge in [-0.05, 0) is 18.8 Å². The minimum absolute atomic E-state index is 0.0223. The number of amides is 2. The zero-order valence-corrected chi connectivity index (χ0v) is 11.9. The fourth-order valence-electron chi connectivity index (χ4n) is 2.09. The highest BCUT2D eigenvalue weighted by molar-refractivity contribution is 5.75. The van der Waals surface area contributed by atoms with Gasteiger partial charge in [0.2, 0.25) is 0 Å². The number of carbonyl (C=O) groups excluding carboxylic acids is 1. The fraction of sp³-hybridized carbons (Fsp3) is 0.786. The van der Waals surface area contributed by atoms with Crippen LogP contribution in [0.2, 0.25) is 0 Å². The normalized spacial score (nSPS) is 21.7. The maximum atomic E-state index is 11.9. The smallest absolute Gasteiger partial charge is 0.316 e. The van der Waals surface area contributed by atoms with Gasteiger partial charge in [0, 0.05) is 13.7 Å². The van der Waals surface area contributed by atoms with Crippen LogP contribution in [0, 0.1) is 18.3 Å². The van der Waals surface area contributed by atoms with Gasteiger partial charge in [0.15, 0.2) is 0 Å². The van der Waals surface area contributed by atoms with Gasteiger partial charge in [-0.15, -0.1) is 6.42 Å². The van der Waals surface area contributed by atoms with Gasteiger partial charge >= 0.3 is 6.03 Å². The van der Waals surface area contributed by atoms with Crippen LogP contribution in [-0.2, 0) is 9.47 Å². The van der Waals surface area contributed by atoms with E-state index in [4.69, 9.17) is 15.9 Å². The molecule has 1 aliphatic rings. The molecule has 1 rings (SSSR count). The number of rotatable bonds is 6. The van der Waals surface area contributed by atoms with Crippen molar-refractivity contribution in [1.29, 1.82) is 0 Å². The summed E-state index contributed by atoms with van der Waals surface area (Å²) in [6, 6.07) is -0.681. The summed E-state index contributed by atoms with van der Waals surface area (Å²) in [5, 5.41) is 5.67. The molecular weight excluding hydrogens is 244 g/mol. The van der Waals surface area contributed by atoms with Gasteiger partial charge in [-0.1, -0.05) is 19.8 Å². The number of hydrogen-bond acceptors (Lipinski definition) is 3. The molecule has 1 fully saturated rings. The van der Waals surface area contributed by atoms with Crippen LogP contribution in [0.1, 0.15) is 26.7 Å². The molecule has 0 spiro atoms. The van der Waals surface area contributed by atoms with E-state index in [9.17, 15) is 4.79 Å². The molecule has 5 nitrogen and oxygen atoms in total. The van der Waals surface area contributed by atoms with Crippen molar-refractivity contribution >= 4 is 6.03 Å². The fourth-order valence-corrected chi connectivity index (χ4v) is 2.09. The monoisotopic (exact) mass is 268 g/mol. The Morgan fingerprint density at radius 3 is 2.74 bits per heavy atom. The molecule has 5 heteroatoms. The molecule has 0 radical (unpaired) electrons. The summed E-state index contributed by atoms with van der Waals surface area (Å²) in [5.74, 6) is 2.77. The molecule has 0 aromatic heterocycles. The Labute approximate surface area is 115 Å². The lowest BCUT2D eigenvalue weighted by Crippen LogP contribution is -2.52. The Morgan fingerprint density at radius 2 is 2.26 bits per heavy atom. The van der Waals surface area contributed by atoms with Crippen LogP contribution in [0.5, 0.6) is 0 Å². The van der Waals surface area contributed by atoms with E-state index in [0.29, 0.717) is 6.61 Å². The number of terminal acetylenes is 1. The standard InChI is InChI=1S/C14H24N2O3/c1-5-11(10(2)3)15-14(17)16-12(9-18-4)13-7-6-8-19-13/h1,10-13H,6-9H2,2-4H3,(H2,15,16,17)/t11-,12+,13-/m0/s1. The summed E-state index contributed by atoms with van der Waals surface area (Å²) in [5.41, 5.74) is 0. The van der Waals surface area contributed by atoms with Crippen molar-refractivity contribution in [3.05, 3.63) is 0 Å². The molecule has 0 bridgehead atoms. The first-order valence-corrected chi connectivity index (χ1v) is 6.72. The molecule has 0 unspecified atom stereocenters. The molecule has 0 aromatic rings. The molecule has 19 heavy (non-hydrogen) atoms. The molecule has 2 amide bonds. The van der Waals surface area contributed by atoms with E-state index >= 15 is 0 Å². The van der Waals surface area contributed by atoms with Gasteiger partial charge in [0.1, 0.15) is 0 Å². The van der Waals surface area contributed by atoms with E-state index in [2.05, 4.69) is 16.6 Å². The van der Waals surface area contributed by atoms with Gasteiger partial charge in [0.25, 0.3) is 0 Å². The largest absolute Gasteiger partial charge is 0.382 e. The SMILES string of the molecule is C#C[C@H](NC(=O)N[C@H](COC)[C@@H]1CCCO1)C(C)C. The van der Waals surface area contributed by atoms with E-state index < -0.39 is 0 Å². The highest BCUT2D eigenvalue weighted by atomic mass is 16.5. The van der Waals surface area contributed by atoms with Crippen molar-refractivity contribution < 1.29 is 14.3 Å². The molecule has 108 valence electrons. The van der Waals surface area contributed by atoms with Crippen molar-refractivity contribution in [2.24, 2.45) is 5.92 Å². The molecule has 1 heterocycles. The molecule has 2 N–H and O–H groups in total. The average molecular weight is 268 g/mol. The summed E-state index contributed by atoms with van der Waals surface area (Å²) in [6.07, 6.45) is 7.38. The van der Waals surface area contributed by atoms with Gasteiger partial charge < -0.3 is 20.1 Å². The van der Waals surface area contributed by atoms with Gasteiger partial charge in [0.05, 0.1) is 24.8 Å². The van der Waals surface area contributed by atoms with Crippen molar-refractivity contribution in [2.75, 3.05) is 20.3 Å². The molecule has 0 aliphatic carbocycles. The average Bonchev–Trinajstić information content (AvgIpc) is 2.88. The summed E-state index contributed by atoms with van der Waals surface area (Å²) in [6.45, 7) is 5.11. The minimum atomic E-state index is -0.271. The molecule has 0 saturated carbocycles. The molecular formula is C14H24N2O3. The quantitative estimate of drug-likeness (QED) is 0.710. The number of ether oxygens (including phenoxy) is 2. The molecule has 0 aromatic carbocycles. The predicted octanol–water partition coefficient (Wildman–Crippen LogP) is 1.14. The van der Waals surface area contributed by atoms with Crippen molar-refractivity contribution in [2.45, 2.75) is 44.9 Å². The van der Waals surface area contributed by atoms with Crippen molar-refractivity contribution in [1.82, 2.24) is 10.6 Å². The summed E-state index contributed by atoms with van der Waals surface area (Å²) < 4.78 is 10.7. The third-order valence-electron chi connectivity index (χ3n) is 3.21. The van der Waals surface area contributed by atoms with Crippen LogP contribution in [0.25, 0.3) is 0 Å². The number of hydrogen-bond donors (Lipinski definition) is 2. The third kappa shape index (κ3) is 5.09.